The molecule has 0 unspecified atom stereocenters. The van der Waals surface area contributed by atoms with Crippen LogP contribution in [0.15, 0.2) is 35.7 Å². The lowest BCUT2D eigenvalue weighted by molar-refractivity contribution is -0.129. The molecule has 0 atom stereocenters. The first kappa shape index (κ1) is 17.1. The number of rotatable bonds is 4. The van der Waals surface area contributed by atoms with E-state index >= 15 is 0 Å². The average Bonchev–Trinajstić information content (AvgIpc) is 3.04. The molecule has 0 bridgehead atoms. The smallest absolute Gasteiger partial charge is 0.233 e. The first-order valence-corrected chi connectivity index (χ1v) is 9.54. The largest absolute Gasteiger partial charge is 0.342 e. The van der Waals surface area contributed by atoms with E-state index in [2.05, 4.69) is 48.5 Å². The van der Waals surface area contributed by atoms with Gasteiger partial charge in [0.15, 0.2) is 5.16 Å². The number of aromatic nitrogens is 2. The molecule has 2 aromatic rings. The van der Waals surface area contributed by atoms with Gasteiger partial charge in [-0.25, -0.2) is 4.98 Å². The van der Waals surface area contributed by atoms with E-state index in [0.717, 1.165) is 42.7 Å². The van der Waals surface area contributed by atoms with Crippen LogP contribution in [0.25, 0.3) is 5.69 Å². The third kappa shape index (κ3) is 3.83. The fourth-order valence-electron chi connectivity index (χ4n) is 2.94. The Hall–Kier alpha value is -1.75. The van der Waals surface area contributed by atoms with Gasteiger partial charge in [-0.3, -0.25) is 9.36 Å². The van der Waals surface area contributed by atoms with Crippen molar-refractivity contribution in [1.29, 1.82) is 0 Å². The molecule has 5 heteroatoms. The van der Waals surface area contributed by atoms with Crippen molar-refractivity contribution in [3.8, 4) is 5.69 Å². The Bertz CT molecular complexity index is 717. The third-order valence-electron chi connectivity index (χ3n) is 4.84. The van der Waals surface area contributed by atoms with E-state index in [1.165, 1.54) is 22.9 Å². The molecule has 128 valence electrons. The average molecular weight is 343 g/mol. The minimum atomic E-state index is 0.224. The lowest BCUT2D eigenvalue weighted by atomic mass is 9.99. The molecule has 1 amide bonds. The van der Waals surface area contributed by atoms with Crippen molar-refractivity contribution in [2.75, 3.05) is 18.8 Å². The quantitative estimate of drug-likeness (QED) is 0.792. The molecule has 0 aliphatic carbocycles. The molecule has 2 heterocycles. The number of thioether (sulfide) groups is 1. The highest BCUT2D eigenvalue weighted by Crippen LogP contribution is 2.23. The van der Waals surface area contributed by atoms with E-state index in [0.29, 0.717) is 5.75 Å². The lowest BCUT2D eigenvalue weighted by Gasteiger charge is -2.30. The van der Waals surface area contributed by atoms with Crippen LogP contribution in [0, 0.1) is 19.8 Å². The summed E-state index contributed by atoms with van der Waals surface area (Å²) in [6.45, 7) is 8.28. The van der Waals surface area contributed by atoms with E-state index in [9.17, 15) is 4.79 Å². The van der Waals surface area contributed by atoms with Crippen LogP contribution < -0.4 is 0 Å². The van der Waals surface area contributed by atoms with Crippen LogP contribution in [0.4, 0.5) is 0 Å². The summed E-state index contributed by atoms with van der Waals surface area (Å²) >= 11 is 1.52. The summed E-state index contributed by atoms with van der Waals surface area (Å²) in [5.41, 5.74) is 3.63. The molecule has 0 N–H and O–H groups in total. The number of imidazole rings is 1. The van der Waals surface area contributed by atoms with Gasteiger partial charge in [0.1, 0.15) is 0 Å². The second kappa shape index (κ2) is 7.43. The Morgan fingerprint density at radius 2 is 2.00 bits per heavy atom. The maximum atomic E-state index is 12.4. The molecule has 1 aromatic carbocycles. The first-order valence-electron chi connectivity index (χ1n) is 8.56. The second-order valence-corrected chi connectivity index (χ2v) is 7.64. The van der Waals surface area contributed by atoms with Crippen LogP contribution in [0.3, 0.4) is 0 Å². The van der Waals surface area contributed by atoms with Gasteiger partial charge in [0.2, 0.25) is 5.91 Å². The van der Waals surface area contributed by atoms with Gasteiger partial charge in [0.05, 0.1) is 5.75 Å². The Morgan fingerprint density at radius 3 is 2.71 bits per heavy atom. The van der Waals surface area contributed by atoms with E-state index in [4.69, 9.17) is 0 Å². The van der Waals surface area contributed by atoms with Crippen molar-refractivity contribution in [2.24, 2.45) is 5.92 Å². The number of likely N-dealkylation sites (tertiary alicyclic amines) is 1. The predicted octanol–water partition coefficient (Wildman–Crippen LogP) is 3.84. The molecule has 0 spiro atoms. The summed E-state index contributed by atoms with van der Waals surface area (Å²) < 4.78 is 2.06. The van der Waals surface area contributed by atoms with E-state index < -0.39 is 0 Å². The number of nitrogens with zero attached hydrogens (tertiary/aromatic N) is 3. The molecule has 3 rings (SSSR count). The summed E-state index contributed by atoms with van der Waals surface area (Å²) in [5, 5.41) is 0.872. The van der Waals surface area contributed by atoms with Crippen molar-refractivity contribution in [3.05, 3.63) is 41.7 Å². The molecule has 1 fully saturated rings. The number of amides is 1. The van der Waals surface area contributed by atoms with Gasteiger partial charge in [-0.15, -0.1) is 0 Å². The highest BCUT2D eigenvalue weighted by Gasteiger charge is 2.20. The Kier molecular flexibility index (Phi) is 5.29. The molecule has 1 aromatic heterocycles. The number of carbonyl (C=O) groups excluding carboxylic acids is 1. The number of aryl methyl sites for hydroxylation is 2. The lowest BCUT2D eigenvalue weighted by Crippen LogP contribution is -2.38. The maximum Gasteiger partial charge on any atom is 0.233 e. The highest BCUT2D eigenvalue weighted by molar-refractivity contribution is 7.99. The minimum Gasteiger partial charge on any atom is -0.342 e. The predicted molar refractivity (Wildman–Crippen MR) is 98.7 cm³/mol. The minimum absolute atomic E-state index is 0.224. The van der Waals surface area contributed by atoms with Crippen molar-refractivity contribution >= 4 is 17.7 Å². The SMILES string of the molecule is Cc1ccc(-n2ccnc2SCC(=O)N2CCC(C)CC2)cc1C. The van der Waals surface area contributed by atoms with Crippen LogP contribution in [-0.2, 0) is 4.79 Å². The van der Waals surface area contributed by atoms with E-state index in [1.807, 2.05) is 11.1 Å². The molecule has 0 saturated carbocycles. The second-order valence-electron chi connectivity index (χ2n) is 6.70. The van der Waals surface area contributed by atoms with Gasteiger partial charge in [-0.1, -0.05) is 24.8 Å². The van der Waals surface area contributed by atoms with Crippen LogP contribution in [0.2, 0.25) is 0 Å². The van der Waals surface area contributed by atoms with Gasteiger partial charge in [0.25, 0.3) is 0 Å². The highest BCUT2D eigenvalue weighted by atomic mass is 32.2. The van der Waals surface area contributed by atoms with Gasteiger partial charge in [0, 0.05) is 31.2 Å². The number of carbonyl (C=O) groups is 1. The summed E-state index contributed by atoms with van der Waals surface area (Å²) in [4.78, 5) is 18.8. The Balaban J connectivity index is 1.65. The normalized spacial score (nSPS) is 15.7. The number of hydrogen-bond acceptors (Lipinski definition) is 3. The third-order valence-corrected chi connectivity index (χ3v) is 5.79. The number of benzene rings is 1. The summed E-state index contributed by atoms with van der Waals surface area (Å²) in [5.74, 6) is 1.42. The fourth-order valence-corrected chi connectivity index (χ4v) is 3.82. The molecule has 24 heavy (non-hydrogen) atoms. The first-order chi connectivity index (χ1) is 11.5. The molecule has 1 saturated heterocycles. The van der Waals surface area contributed by atoms with Crippen LogP contribution >= 0.6 is 11.8 Å². The Labute approximate surface area is 148 Å². The zero-order valence-electron chi connectivity index (χ0n) is 14.7. The van der Waals surface area contributed by atoms with Crippen molar-refractivity contribution in [1.82, 2.24) is 14.5 Å². The van der Waals surface area contributed by atoms with Crippen molar-refractivity contribution < 1.29 is 4.79 Å². The van der Waals surface area contributed by atoms with Crippen molar-refractivity contribution in [3.63, 3.8) is 0 Å². The molecular weight excluding hydrogens is 318 g/mol. The van der Waals surface area contributed by atoms with Crippen molar-refractivity contribution in [2.45, 2.75) is 38.8 Å². The monoisotopic (exact) mass is 343 g/mol. The summed E-state index contributed by atoms with van der Waals surface area (Å²) in [6.07, 6.45) is 5.99. The van der Waals surface area contributed by atoms with Gasteiger partial charge >= 0.3 is 0 Å². The van der Waals surface area contributed by atoms with Gasteiger partial charge in [-0.05, 0) is 55.9 Å². The van der Waals surface area contributed by atoms with Crippen LogP contribution in [-0.4, -0.2) is 39.2 Å². The van der Waals surface area contributed by atoms with Crippen LogP contribution in [0.1, 0.15) is 30.9 Å². The zero-order chi connectivity index (χ0) is 17.1. The molecule has 4 nitrogen and oxygen atoms in total. The van der Waals surface area contributed by atoms with Crippen LogP contribution in [0.5, 0.6) is 0 Å². The van der Waals surface area contributed by atoms with Gasteiger partial charge < -0.3 is 4.90 Å². The molecule has 1 aliphatic heterocycles. The topological polar surface area (TPSA) is 38.1 Å². The Morgan fingerprint density at radius 1 is 1.25 bits per heavy atom. The number of piperidine rings is 1. The molecule has 0 radical (unpaired) electrons. The zero-order valence-corrected chi connectivity index (χ0v) is 15.5. The molecular formula is C19H25N3OS. The fraction of sp³-hybridized carbons (Fsp3) is 0.474. The van der Waals surface area contributed by atoms with E-state index in [1.54, 1.807) is 6.20 Å². The van der Waals surface area contributed by atoms with Gasteiger partial charge in [-0.2, -0.15) is 0 Å². The molecule has 1 aliphatic rings. The summed E-state index contributed by atoms with van der Waals surface area (Å²) in [6, 6.07) is 6.38. The summed E-state index contributed by atoms with van der Waals surface area (Å²) in [7, 11) is 0. The standard InChI is InChI=1S/C19H25N3OS/c1-14-6-9-21(10-7-14)18(23)13-24-19-20-8-11-22(19)17-5-4-15(2)16(3)12-17/h4-5,8,11-12,14H,6-7,9-10,13H2,1-3H3. The van der Waals surface area contributed by atoms with E-state index in [-0.39, 0.29) is 5.91 Å². The maximum absolute atomic E-state index is 12.4. The number of hydrogen-bond donors (Lipinski definition) is 0.